The molecule has 0 aliphatic heterocycles. The third kappa shape index (κ3) is 3.71. The Bertz CT molecular complexity index is 879. The number of hydrogen-bond donors (Lipinski definition) is 2. The second-order valence-corrected chi connectivity index (χ2v) is 6.48. The lowest BCUT2D eigenvalue weighted by Gasteiger charge is -2.11. The van der Waals surface area contributed by atoms with Gasteiger partial charge in [0.2, 0.25) is 5.95 Å². The van der Waals surface area contributed by atoms with E-state index in [4.69, 9.17) is 0 Å². The lowest BCUT2D eigenvalue weighted by Crippen LogP contribution is -2.03. The van der Waals surface area contributed by atoms with E-state index in [2.05, 4.69) is 61.7 Å². The molecule has 3 aromatic rings. The van der Waals surface area contributed by atoms with E-state index in [-0.39, 0.29) is 0 Å². The monoisotopic (exact) mass is 383 g/mol. The zero-order chi connectivity index (χ0) is 17.1. The molecule has 2 N–H and O–H groups in total. The second kappa shape index (κ2) is 6.97. The summed E-state index contributed by atoms with van der Waals surface area (Å²) >= 11 is 3.52. The number of nitrogens with zero attached hydrogens (tertiary/aromatic N) is 3. The van der Waals surface area contributed by atoms with Crippen LogP contribution in [-0.4, -0.2) is 15.2 Å². The van der Waals surface area contributed by atoms with Crippen LogP contribution in [0.5, 0.6) is 0 Å². The summed E-state index contributed by atoms with van der Waals surface area (Å²) in [5.74, 6) is 1.09. The van der Waals surface area contributed by atoms with E-state index < -0.39 is 0 Å². The van der Waals surface area contributed by atoms with Crippen molar-refractivity contribution in [3.63, 3.8) is 0 Å². The van der Waals surface area contributed by atoms with Gasteiger partial charge in [-0.2, -0.15) is 10.1 Å². The van der Waals surface area contributed by atoms with Gasteiger partial charge in [0.1, 0.15) is 0 Å². The predicted octanol–water partition coefficient (Wildman–Crippen LogP) is 5.05. The van der Waals surface area contributed by atoms with Gasteiger partial charge in [0.25, 0.3) is 0 Å². The lowest BCUT2D eigenvalue weighted by atomic mass is 10.1. The number of nitrogens with one attached hydrogen (secondary N) is 2. The molecule has 0 amide bonds. The molecule has 0 aliphatic carbocycles. The Labute approximate surface area is 149 Å². The first-order chi connectivity index (χ1) is 11.5. The van der Waals surface area contributed by atoms with Gasteiger partial charge >= 0.3 is 0 Å². The van der Waals surface area contributed by atoms with E-state index in [0.717, 1.165) is 15.8 Å². The first kappa shape index (κ1) is 16.4. The van der Waals surface area contributed by atoms with Crippen LogP contribution in [-0.2, 0) is 0 Å². The van der Waals surface area contributed by atoms with Gasteiger partial charge in [-0.25, -0.2) is 0 Å². The highest BCUT2D eigenvalue weighted by Crippen LogP contribution is 2.24. The molecule has 1 aromatic heterocycles. The van der Waals surface area contributed by atoms with Crippen LogP contribution < -0.4 is 10.6 Å². The average molecular weight is 384 g/mol. The van der Waals surface area contributed by atoms with Crippen molar-refractivity contribution in [3.8, 4) is 0 Å². The number of aromatic nitrogens is 3. The summed E-state index contributed by atoms with van der Waals surface area (Å²) < 4.78 is 1.03. The van der Waals surface area contributed by atoms with Crippen molar-refractivity contribution in [2.24, 2.45) is 0 Å². The summed E-state index contributed by atoms with van der Waals surface area (Å²) in [4.78, 5) is 4.48. The van der Waals surface area contributed by atoms with Gasteiger partial charge in [-0.05, 0) is 55.7 Å². The molecule has 6 heteroatoms. The Hall–Kier alpha value is -2.47. The number of benzene rings is 2. The smallest absolute Gasteiger partial charge is 0.249 e. The highest BCUT2D eigenvalue weighted by molar-refractivity contribution is 9.10. The summed E-state index contributed by atoms with van der Waals surface area (Å²) in [6.07, 6.45) is 1.61. The van der Waals surface area contributed by atoms with Crippen molar-refractivity contribution >= 4 is 39.1 Å². The molecule has 0 saturated carbocycles. The van der Waals surface area contributed by atoms with Crippen LogP contribution in [0.15, 0.2) is 47.1 Å². The molecule has 0 saturated heterocycles. The average Bonchev–Trinajstić information content (AvgIpc) is 2.56. The summed E-state index contributed by atoms with van der Waals surface area (Å²) in [6.45, 7) is 6.21. The van der Waals surface area contributed by atoms with E-state index in [0.29, 0.717) is 11.8 Å². The van der Waals surface area contributed by atoms with Crippen molar-refractivity contribution in [2.75, 3.05) is 10.6 Å². The fourth-order valence-corrected chi connectivity index (χ4v) is 2.62. The minimum Gasteiger partial charge on any atom is -0.339 e. The van der Waals surface area contributed by atoms with E-state index in [1.54, 1.807) is 6.20 Å². The molecule has 122 valence electrons. The molecule has 0 unspecified atom stereocenters. The number of aryl methyl sites for hydroxylation is 2. The molecular weight excluding hydrogens is 366 g/mol. The number of halogens is 1. The highest BCUT2D eigenvalue weighted by atomic mass is 79.9. The van der Waals surface area contributed by atoms with Gasteiger partial charge < -0.3 is 10.6 Å². The molecule has 0 bridgehead atoms. The predicted molar refractivity (Wildman–Crippen MR) is 101 cm³/mol. The fraction of sp³-hybridized carbons (Fsp3) is 0.167. The molecule has 3 rings (SSSR count). The Morgan fingerprint density at radius 2 is 1.79 bits per heavy atom. The summed E-state index contributed by atoms with van der Waals surface area (Å²) in [7, 11) is 0. The van der Waals surface area contributed by atoms with Crippen LogP contribution in [0.4, 0.5) is 23.1 Å². The van der Waals surface area contributed by atoms with E-state index in [1.165, 1.54) is 16.7 Å². The number of hydrogen-bond acceptors (Lipinski definition) is 5. The molecule has 5 nitrogen and oxygen atoms in total. The summed E-state index contributed by atoms with van der Waals surface area (Å²) in [5.41, 5.74) is 5.50. The van der Waals surface area contributed by atoms with E-state index >= 15 is 0 Å². The van der Waals surface area contributed by atoms with Gasteiger partial charge in [0.05, 0.1) is 6.20 Å². The van der Waals surface area contributed by atoms with Crippen LogP contribution in [0.1, 0.15) is 16.7 Å². The second-order valence-electron chi connectivity index (χ2n) is 5.63. The van der Waals surface area contributed by atoms with Crippen molar-refractivity contribution in [3.05, 3.63) is 63.8 Å². The van der Waals surface area contributed by atoms with Crippen LogP contribution in [0.2, 0.25) is 0 Å². The molecule has 0 spiro atoms. The van der Waals surface area contributed by atoms with Crippen LogP contribution in [0.25, 0.3) is 0 Å². The molecule has 1 heterocycles. The largest absolute Gasteiger partial charge is 0.339 e. The lowest BCUT2D eigenvalue weighted by molar-refractivity contribution is 0.982. The Morgan fingerprint density at radius 1 is 0.958 bits per heavy atom. The van der Waals surface area contributed by atoms with Crippen molar-refractivity contribution < 1.29 is 0 Å². The Morgan fingerprint density at radius 3 is 2.58 bits per heavy atom. The van der Waals surface area contributed by atoms with Crippen LogP contribution in [0, 0.1) is 20.8 Å². The van der Waals surface area contributed by atoms with Crippen LogP contribution in [0.3, 0.4) is 0 Å². The maximum atomic E-state index is 4.48. The zero-order valence-electron chi connectivity index (χ0n) is 13.8. The molecule has 0 aliphatic rings. The van der Waals surface area contributed by atoms with Gasteiger partial charge in [0.15, 0.2) is 5.82 Å². The van der Waals surface area contributed by atoms with Crippen molar-refractivity contribution in [1.82, 2.24) is 15.2 Å². The summed E-state index contributed by atoms with van der Waals surface area (Å²) in [6, 6.07) is 12.1. The topological polar surface area (TPSA) is 62.7 Å². The standard InChI is InChI=1S/C18H18BrN5/c1-11-5-4-6-16(13(11)3)22-17-10-20-24-18(23-17)21-14-8-7-12(2)15(19)9-14/h4-10H,1-3H3,(H2,21,22,23,24). The molecule has 2 aromatic carbocycles. The minimum atomic E-state index is 0.445. The fourth-order valence-electron chi connectivity index (χ4n) is 2.24. The Balaban J connectivity index is 1.81. The maximum absolute atomic E-state index is 4.48. The van der Waals surface area contributed by atoms with Crippen LogP contribution >= 0.6 is 15.9 Å². The van der Waals surface area contributed by atoms with E-state index in [9.17, 15) is 0 Å². The minimum absolute atomic E-state index is 0.445. The molecule has 0 radical (unpaired) electrons. The SMILES string of the molecule is Cc1ccc(Nc2nncc(Nc3cccc(C)c3C)n2)cc1Br. The first-order valence-corrected chi connectivity index (χ1v) is 8.38. The van der Waals surface area contributed by atoms with E-state index in [1.807, 2.05) is 37.3 Å². The third-order valence-electron chi connectivity index (χ3n) is 3.85. The zero-order valence-corrected chi connectivity index (χ0v) is 15.3. The maximum Gasteiger partial charge on any atom is 0.249 e. The number of anilines is 4. The third-order valence-corrected chi connectivity index (χ3v) is 4.71. The molecular formula is C18H18BrN5. The molecule has 0 atom stereocenters. The van der Waals surface area contributed by atoms with Gasteiger partial charge in [-0.15, -0.1) is 5.10 Å². The summed E-state index contributed by atoms with van der Waals surface area (Å²) in [5, 5.41) is 14.5. The molecule has 0 fully saturated rings. The molecule has 24 heavy (non-hydrogen) atoms. The van der Waals surface area contributed by atoms with Crippen molar-refractivity contribution in [2.45, 2.75) is 20.8 Å². The van der Waals surface area contributed by atoms with Gasteiger partial charge in [-0.3, -0.25) is 0 Å². The quantitative estimate of drug-likeness (QED) is 0.659. The van der Waals surface area contributed by atoms with Crippen molar-refractivity contribution in [1.29, 1.82) is 0 Å². The number of rotatable bonds is 4. The normalized spacial score (nSPS) is 10.5. The van der Waals surface area contributed by atoms with Gasteiger partial charge in [-0.1, -0.05) is 34.1 Å². The highest BCUT2D eigenvalue weighted by Gasteiger charge is 2.05. The van der Waals surface area contributed by atoms with Gasteiger partial charge in [0, 0.05) is 15.8 Å². The first-order valence-electron chi connectivity index (χ1n) is 7.59. The Kier molecular flexibility index (Phi) is 4.76.